The first-order chi connectivity index (χ1) is 12.5. The van der Waals surface area contributed by atoms with Crippen molar-refractivity contribution in [2.24, 2.45) is 0 Å². The molecule has 3 rings (SSSR count). The Balaban J connectivity index is 2.17. The number of halogens is 3. The van der Waals surface area contributed by atoms with Gasteiger partial charge in [-0.05, 0) is 37.1 Å². The highest BCUT2D eigenvalue weighted by Gasteiger charge is 2.22. The normalized spacial score (nSPS) is 12.7. The largest absolute Gasteiger partial charge is 0.434 e. The van der Waals surface area contributed by atoms with Gasteiger partial charge in [-0.25, -0.2) is 0 Å². The van der Waals surface area contributed by atoms with Crippen LogP contribution in [-0.2, 0) is 0 Å². The number of rotatable bonds is 7. The van der Waals surface area contributed by atoms with Crippen LogP contribution >= 0.6 is 15.9 Å². The first kappa shape index (κ1) is 18.6. The second-order valence-electron chi connectivity index (χ2n) is 5.77. The average Bonchev–Trinajstić information content (AvgIpc) is 2.92. The van der Waals surface area contributed by atoms with Crippen molar-refractivity contribution in [1.29, 1.82) is 0 Å². The van der Waals surface area contributed by atoms with E-state index in [-0.39, 0.29) is 17.9 Å². The number of fused-ring (bicyclic) bond motifs is 1. The first-order valence-electron chi connectivity index (χ1n) is 8.05. The van der Waals surface area contributed by atoms with Crippen molar-refractivity contribution < 1.29 is 18.6 Å². The number of alkyl halides is 2. The summed E-state index contributed by atoms with van der Waals surface area (Å²) in [6, 6.07) is 11.2. The third kappa shape index (κ3) is 3.81. The third-order valence-electron chi connectivity index (χ3n) is 4.13. The van der Waals surface area contributed by atoms with Gasteiger partial charge in [0.2, 0.25) is 0 Å². The van der Waals surface area contributed by atoms with Crippen LogP contribution in [0.25, 0.3) is 10.9 Å². The predicted molar refractivity (Wildman–Crippen MR) is 97.8 cm³/mol. The lowest BCUT2D eigenvalue weighted by atomic mass is 10.0. The van der Waals surface area contributed by atoms with E-state index >= 15 is 0 Å². The Bertz CT molecular complexity index is 955. The molecule has 8 heteroatoms. The Kier molecular flexibility index (Phi) is 5.73. The summed E-state index contributed by atoms with van der Waals surface area (Å²) in [5.74, 6) is 0.0446. The number of H-pyrrole nitrogens is 1. The molecule has 3 aromatic rings. The summed E-state index contributed by atoms with van der Waals surface area (Å²) in [5.41, 5.74) is 0.877. The molecule has 0 aliphatic heterocycles. The Morgan fingerprint density at radius 2 is 2.00 bits per heavy atom. The molecule has 0 saturated carbocycles. The number of aromatic nitrogens is 2. The fourth-order valence-corrected chi connectivity index (χ4v) is 3.39. The lowest BCUT2D eigenvalue weighted by molar-refractivity contribution is -0.0507. The van der Waals surface area contributed by atoms with Crippen molar-refractivity contribution in [3.63, 3.8) is 0 Å². The Morgan fingerprint density at radius 3 is 2.73 bits per heavy atom. The lowest BCUT2D eigenvalue weighted by Gasteiger charge is -2.22. The highest BCUT2D eigenvalue weighted by Crippen LogP contribution is 2.33. The Labute approximate surface area is 156 Å². The van der Waals surface area contributed by atoms with Crippen molar-refractivity contribution in [3.05, 3.63) is 62.9 Å². The van der Waals surface area contributed by atoms with E-state index in [2.05, 4.69) is 25.8 Å². The van der Waals surface area contributed by atoms with Crippen molar-refractivity contribution in [2.75, 3.05) is 6.61 Å². The smallest absolute Gasteiger partial charge is 0.387 e. The molecule has 1 unspecified atom stereocenters. The number of aliphatic hydroxyl groups is 1. The molecule has 1 heterocycles. The van der Waals surface area contributed by atoms with Crippen LogP contribution in [0.15, 0.2) is 51.7 Å². The summed E-state index contributed by atoms with van der Waals surface area (Å²) in [6.45, 7) is -3.01. The number of nitrogens with one attached hydrogen (secondary N) is 1. The molecule has 0 amide bonds. The van der Waals surface area contributed by atoms with E-state index in [9.17, 15) is 18.7 Å². The van der Waals surface area contributed by atoms with Crippen molar-refractivity contribution in [1.82, 2.24) is 9.78 Å². The zero-order chi connectivity index (χ0) is 18.7. The monoisotopic (exact) mass is 426 g/mol. The van der Waals surface area contributed by atoms with Gasteiger partial charge in [0, 0.05) is 16.6 Å². The van der Waals surface area contributed by atoms with Crippen LogP contribution in [0.4, 0.5) is 8.78 Å². The Morgan fingerprint density at radius 1 is 1.23 bits per heavy atom. The van der Waals surface area contributed by atoms with Crippen LogP contribution in [0.3, 0.4) is 0 Å². The molecule has 0 spiro atoms. The van der Waals surface area contributed by atoms with Gasteiger partial charge in [0.15, 0.2) is 0 Å². The molecule has 2 aromatic carbocycles. The number of benzene rings is 2. The van der Waals surface area contributed by atoms with E-state index in [1.54, 1.807) is 41.1 Å². The molecule has 1 atom stereocenters. The summed E-state index contributed by atoms with van der Waals surface area (Å²) in [5, 5.41) is 12.5. The summed E-state index contributed by atoms with van der Waals surface area (Å²) < 4.78 is 32.7. The molecule has 0 radical (unpaired) electrons. The maximum absolute atomic E-state index is 12.8. The zero-order valence-corrected chi connectivity index (χ0v) is 15.2. The van der Waals surface area contributed by atoms with Gasteiger partial charge >= 0.3 is 6.61 Å². The average molecular weight is 427 g/mol. The van der Waals surface area contributed by atoms with E-state index in [4.69, 9.17) is 0 Å². The molecule has 2 N–H and O–H groups in total. The van der Waals surface area contributed by atoms with Crippen molar-refractivity contribution >= 4 is 26.8 Å². The van der Waals surface area contributed by atoms with E-state index in [0.29, 0.717) is 29.3 Å². The van der Waals surface area contributed by atoms with Crippen LogP contribution < -0.4 is 10.3 Å². The van der Waals surface area contributed by atoms with E-state index < -0.39 is 12.7 Å². The minimum Gasteiger partial charge on any atom is -0.434 e. The van der Waals surface area contributed by atoms with Crippen LogP contribution in [0.5, 0.6) is 5.75 Å². The van der Waals surface area contributed by atoms with E-state index in [1.807, 2.05) is 0 Å². The number of hydrogen-bond donors (Lipinski definition) is 2. The van der Waals surface area contributed by atoms with Gasteiger partial charge in [-0.1, -0.05) is 34.1 Å². The maximum Gasteiger partial charge on any atom is 0.387 e. The molecule has 0 fully saturated rings. The van der Waals surface area contributed by atoms with Crippen LogP contribution in [-0.4, -0.2) is 28.1 Å². The summed E-state index contributed by atoms with van der Waals surface area (Å²) >= 11 is 3.39. The maximum atomic E-state index is 12.8. The molecule has 0 aliphatic carbocycles. The standard InChI is InChI=1S/C18H17BrF2N2O3/c19-11-7-8-13-15(10-11)23(22-17(13)25)14(5-3-9-24)12-4-1-2-6-16(12)26-18(20)21/h1-2,4,6-8,10,14,18,24H,3,5,9H2,(H,22,25). The second-order valence-corrected chi connectivity index (χ2v) is 6.69. The van der Waals surface area contributed by atoms with Gasteiger partial charge in [0.05, 0.1) is 16.9 Å². The molecule has 0 bridgehead atoms. The van der Waals surface area contributed by atoms with Gasteiger partial charge in [-0.2, -0.15) is 8.78 Å². The molecule has 5 nitrogen and oxygen atoms in total. The van der Waals surface area contributed by atoms with Crippen LogP contribution in [0.1, 0.15) is 24.4 Å². The highest BCUT2D eigenvalue weighted by molar-refractivity contribution is 9.10. The predicted octanol–water partition coefficient (Wildman–Crippen LogP) is 4.06. The molecular formula is C18H17BrF2N2O3. The fraction of sp³-hybridized carbons (Fsp3) is 0.278. The number of hydrogen-bond acceptors (Lipinski definition) is 3. The number of ether oxygens (including phenoxy) is 1. The minimum atomic E-state index is -2.95. The van der Waals surface area contributed by atoms with E-state index in [0.717, 1.165) is 4.47 Å². The molecule has 138 valence electrons. The molecule has 26 heavy (non-hydrogen) atoms. The molecule has 0 saturated heterocycles. The van der Waals surface area contributed by atoms with Crippen molar-refractivity contribution in [3.8, 4) is 5.75 Å². The van der Waals surface area contributed by atoms with Gasteiger partial charge in [-0.3, -0.25) is 14.6 Å². The lowest BCUT2D eigenvalue weighted by Crippen LogP contribution is -2.17. The van der Waals surface area contributed by atoms with Gasteiger partial charge < -0.3 is 9.84 Å². The second kappa shape index (κ2) is 8.01. The van der Waals surface area contributed by atoms with Gasteiger partial charge in [-0.15, -0.1) is 0 Å². The summed E-state index contributed by atoms with van der Waals surface area (Å²) in [4.78, 5) is 12.3. The zero-order valence-electron chi connectivity index (χ0n) is 13.7. The summed E-state index contributed by atoms with van der Waals surface area (Å²) in [6.07, 6.45) is 0.871. The Hall–Kier alpha value is -2.19. The third-order valence-corrected chi connectivity index (χ3v) is 4.62. The SMILES string of the molecule is O=c1[nH]n(C(CCCO)c2ccccc2OC(F)F)c2cc(Br)ccc12. The minimum absolute atomic E-state index is 0.0446. The summed E-state index contributed by atoms with van der Waals surface area (Å²) in [7, 11) is 0. The fourth-order valence-electron chi connectivity index (χ4n) is 3.04. The quantitative estimate of drug-likeness (QED) is 0.598. The van der Waals surface area contributed by atoms with Crippen molar-refractivity contribution in [2.45, 2.75) is 25.5 Å². The highest BCUT2D eigenvalue weighted by atomic mass is 79.9. The number of aliphatic hydroxyl groups excluding tert-OH is 1. The number of para-hydroxylation sites is 1. The molecule has 1 aromatic heterocycles. The van der Waals surface area contributed by atoms with Gasteiger partial charge in [0.25, 0.3) is 5.56 Å². The number of aromatic amines is 1. The number of nitrogens with zero attached hydrogens (tertiary/aromatic N) is 1. The van der Waals surface area contributed by atoms with Gasteiger partial charge in [0.1, 0.15) is 5.75 Å². The topological polar surface area (TPSA) is 67.2 Å². The first-order valence-corrected chi connectivity index (χ1v) is 8.85. The van der Waals surface area contributed by atoms with E-state index in [1.165, 1.54) is 6.07 Å². The van der Waals surface area contributed by atoms with Crippen LogP contribution in [0.2, 0.25) is 0 Å². The molecule has 0 aliphatic rings. The van der Waals surface area contributed by atoms with Crippen LogP contribution in [0, 0.1) is 0 Å². The molecular weight excluding hydrogens is 410 g/mol.